The minimum absolute atomic E-state index is 0.0830. The maximum Gasteiger partial charge on any atom is 0.255 e. The van der Waals surface area contributed by atoms with Gasteiger partial charge in [0.2, 0.25) is 0 Å². The summed E-state index contributed by atoms with van der Waals surface area (Å²) in [6.45, 7) is 3.91. The highest BCUT2D eigenvalue weighted by atomic mass is 16.5. The van der Waals surface area contributed by atoms with Crippen molar-refractivity contribution in [3.05, 3.63) is 47.2 Å². The molecule has 1 heterocycles. The fraction of sp³-hybridized carbons (Fsp3) is 0.368. The van der Waals surface area contributed by atoms with Gasteiger partial charge in [0.15, 0.2) is 0 Å². The molecule has 5 nitrogen and oxygen atoms in total. The molecule has 0 atom stereocenters. The minimum Gasteiger partial charge on any atom is -0.497 e. The van der Waals surface area contributed by atoms with Gasteiger partial charge in [0, 0.05) is 17.4 Å². The van der Waals surface area contributed by atoms with E-state index in [1.165, 1.54) is 5.56 Å². The van der Waals surface area contributed by atoms with Gasteiger partial charge in [0.1, 0.15) is 11.6 Å². The molecule has 0 unspecified atom stereocenters. The molecule has 3 rings (SSSR count). The number of anilines is 2. The van der Waals surface area contributed by atoms with Crippen molar-refractivity contribution in [3.8, 4) is 5.75 Å². The fourth-order valence-electron chi connectivity index (χ4n) is 2.89. The van der Waals surface area contributed by atoms with Crippen molar-refractivity contribution in [1.29, 1.82) is 0 Å². The summed E-state index contributed by atoms with van der Waals surface area (Å²) in [5, 5.41) is 6.24. The molecule has 2 N–H and O–H groups in total. The molecule has 0 spiro atoms. The zero-order valence-electron chi connectivity index (χ0n) is 14.3. The van der Waals surface area contributed by atoms with E-state index < -0.39 is 0 Å². The first-order valence-corrected chi connectivity index (χ1v) is 8.31. The van der Waals surface area contributed by atoms with Crippen LogP contribution in [0.4, 0.5) is 11.5 Å². The Bertz CT molecular complexity index is 739. The number of nitrogens with zero attached hydrogens (tertiary/aromatic N) is 1. The summed E-state index contributed by atoms with van der Waals surface area (Å²) in [5.74, 6) is 1.31. The molecule has 1 aliphatic carbocycles. The van der Waals surface area contributed by atoms with Crippen LogP contribution in [0.2, 0.25) is 0 Å². The molecule has 5 heteroatoms. The summed E-state index contributed by atoms with van der Waals surface area (Å²) < 4.78 is 5.18. The second-order valence-corrected chi connectivity index (χ2v) is 6.33. The van der Waals surface area contributed by atoms with Gasteiger partial charge in [-0.1, -0.05) is 0 Å². The number of benzene rings is 1. The van der Waals surface area contributed by atoms with Crippen molar-refractivity contribution in [2.45, 2.75) is 39.2 Å². The summed E-state index contributed by atoms with van der Waals surface area (Å²) in [5.41, 5.74) is 3.75. The maximum absolute atomic E-state index is 12.6. The van der Waals surface area contributed by atoms with Crippen molar-refractivity contribution >= 4 is 17.4 Å². The lowest BCUT2D eigenvalue weighted by Crippen LogP contribution is -2.31. The standard InChI is InChI=1S/C19H23N3O2/c1-12(2)20-19(23)16-11-13-5-4-6-17(13)22-18(16)21-14-7-9-15(24-3)10-8-14/h7-12H,4-6H2,1-3H3,(H,20,23)(H,21,22). The second kappa shape index (κ2) is 6.91. The lowest BCUT2D eigenvalue weighted by molar-refractivity contribution is 0.0943. The Labute approximate surface area is 142 Å². The van der Waals surface area contributed by atoms with E-state index in [1.54, 1.807) is 7.11 Å². The lowest BCUT2D eigenvalue weighted by atomic mass is 10.1. The van der Waals surface area contributed by atoms with Crippen molar-refractivity contribution in [3.63, 3.8) is 0 Å². The summed E-state index contributed by atoms with van der Waals surface area (Å²) in [4.78, 5) is 17.3. The Morgan fingerprint density at radius 3 is 2.62 bits per heavy atom. The van der Waals surface area contributed by atoms with Gasteiger partial charge in [-0.2, -0.15) is 0 Å². The highest BCUT2D eigenvalue weighted by Gasteiger charge is 2.20. The number of aryl methyl sites for hydroxylation is 2. The summed E-state index contributed by atoms with van der Waals surface area (Å²) in [7, 11) is 1.64. The third-order valence-electron chi connectivity index (χ3n) is 4.07. The molecule has 126 valence electrons. The van der Waals surface area contributed by atoms with Gasteiger partial charge in [-0.25, -0.2) is 4.98 Å². The molecular weight excluding hydrogens is 302 g/mol. The van der Waals surface area contributed by atoms with Crippen LogP contribution < -0.4 is 15.4 Å². The number of amides is 1. The van der Waals surface area contributed by atoms with Gasteiger partial charge in [-0.15, -0.1) is 0 Å². The predicted molar refractivity (Wildman–Crippen MR) is 95.1 cm³/mol. The third kappa shape index (κ3) is 3.50. The van der Waals surface area contributed by atoms with Gasteiger partial charge in [0.25, 0.3) is 5.91 Å². The van der Waals surface area contributed by atoms with Crippen molar-refractivity contribution in [2.75, 3.05) is 12.4 Å². The minimum atomic E-state index is -0.0942. The first-order valence-electron chi connectivity index (χ1n) is 8.31. The van der Waals surface area contributed by atoms with Crippen LogP contribution in [0.15, 0.2) is 30.3 Å². The van der Waals surface area contributed by atoms with Gasteiger partial charge >= 0.3 is 0 Å². The van der Waals surface area contributed by atoms with E-state index >= 15 is 0 Å². The number of pyridine rings is 1. The molecule has 0 aliphatic heterocycles. The van der Waals surface area contributed by atoms with Crippen molar-refractivity contribution in [2.24, 2.45) is 0 Å². The van der Waals surface area contributed by atoms with E-state index in [0.29, 0.717) is 11.4 Å². The Morgan fingerprint density at radius 1 is 1.21 bits per heavy atom. The zero-order valence-corrected chi connectivity index (χ0v) is 14.3. The fourth-order valence-corrected chi connectivity index (χ4v) is 2.89. The number of hydrogen-bond acceptors (Lipinski definition) is 4. The van der Waals surface area contributed by atoms with Crippen LogP contribution in [0.25, 0.3) is 0 Å². The van der Waals surface area contributed by atoms with Crippen LogP contribution >= 0.6 is 0 Å². The number of fused-ring (bicyclic) bond motifs is 1. The molecule has 1 aromatic heterocycles. The summed E-state index contributed by atoms with van der Waals surface area (Å²) >= 11 is 0. The smallest absolute Gasteiger partial charge is 0.255 e. The van der Waals surface area contributed by atoms with E-state index in [2.05, 4.69) is 10.6 Å². The zero-order chi connectivity index (χ0) is 17.1. The topological polar surface area (TPSA) is 63.2 Å². The van der Waals surface area contributed by atoms with E-state index in [0.717, 1.165) is 36.4 Å². The molecular formula is C19H23N3O2. The van der Waals surface area contributed by atoms with Crippen LogP contribution in [-0.4, -0.2) is 24.0 Å². The van der Waals surface area contributed by atoms with Gasteiger partial charge in [0.05, 0.1) is 12.7 Å². The molecule has 0 saturated heterocycles. The van der Waals surface area contributed by atoms with E-state index in [4.69, 9.17) is 9.72 Å². The van der Waals surface area contributed by atoms with Crippen LogP contribution in [0.3, 0.4) is 0 Å². The van der Waals surface area contributed by atoms with E-state index in [1.807, 2.05) is 44.2 Å². The van der Waals surface area contributed by atoms with Crippen molar-refractivity contribution in [1.82, 2.24) is 10.3 Å². The number of carbonyl (C=O) groups excluding carboxylic acids is 1. The molecule has 2 aromatic rings. The molecule has 0 saturated carbocycles. The molecule has 0 fully saturated rings. The highest BCUT2D eigenvalue weighted by molar-refractivity contribution is 5.99. The third-order valence-corrected chi connectivity index (χ3v) is 4.07. The van der Waals surface area contributed by atoms with E-state index in [9.17, 15) is 4.79 Å². The number of methoxy groups -OCH3 is 1. The number of hydrogen-bond donors (Lipinski definition) is 2. The van der Waals surface area contributed by atoms with E-state index in [-0.39, 0.29) is 11.9 Å². The van der Waals surface area contributed by atoms with Gasteiger partial charge in [-0.3, -0.25) is 4.79 Å². The summed E-state index contributed by atoms with van der Waals surface area (Å²) in [6.07, 6.45) is 3.06. The normalized spacial score (nSPS) is 12.8. The van der Waals surface area contributed by atoms with Crippen LogP contribution in [0, 0.1) is 0 Å². The number of ether oxygens (including phenoxy) is 1. The van der Waals surface area contributed by atoms with Crippen LogP contribution in [0.5, 0.6) is 5.75 Å². The average Bonchev–Trinajstić information content (AvgIpc) is 3.01. The average molecular weight is 325 g/mol. The molecule has 24 heavy (non-hydrogen) atoms. The number of nitrogens with one attached hydrogen (secondary N) is 2. The molecule has 1 aromatic carbocycles. The Hall–Kier alpha value is -2.56. The number of carbonyl (C=O) groups is 1. The molecule has 0 radical (unpaired) electrons. The number of rotatable bonds is 5. The highest BCUT2D eigenvalue weighted by Crippen LogP contribution is 2.28. The molecule has 1 amide bonds. The summed E-state index contributed by atoms with van der Waals surface area (Å²) in [6, 6.07) is 9.65. The largest absolute Gasteiger partial charge is 0.497 e. The second-order valence-electron chi connectivity index (χ2n) is 6.33. The first kappa shape index (κ1) is 16.3. The van der Waals surface area contributed by atoms with Crippen LogP contribution in [-0.2, 0) is 12.8 Å². The quantitative estimate of drug-likeness (QED) is 0.884. The van der Waals surface area contributed by atoms with Crippen LogP contribution in [0.1, 0.15) is 41.9 Å². The Kier molecular flexibility index (Phi) is 4.69. The Balaban J connectivity index is 1.93. The molecule has 0 bridgehead atoms. The monoisotopic (exact) mass is 325 g/mol. The SMILES string of the molecule is COc1ccc(Nc2nc3c(cc2C(=O)NC(C)C)CCC3)cc1. The predicted octanol–water partition coefficient (Wildman–Crippen LogP) is 3.46. The lowest BCUT2D eigenvalue weighted by Gasteiger charge is -2.15. The Morgan fingerprint density at radius 2 is 1.96 bits per heavy atom. The van der Waals surface area contributed by atoms with Gasteiger partial charge < -0.3 is 15.4 Å². The first-order chi connectivity index (χ1) is 11.6. The van der Waals surface area contributed by atoms with Crippen molar-refractivity contribution < 1.29 is 9.53 Å². The van der Waals surface area contributed by atoms with Gasteiger partial charge in [-0.05, 0) is 69.0 Å². The number of aromatic nitrogens is 1. The maximum atomic E-state index is 12.6. The molecule has 1 aliphatic rings.